The summed E-state index contributed by atoms with van der Waals surface area (Å²) < 4.78 is 13.3. The Morgan fingerprint density at radius 2 is 1.72 bits per heavy atom. The van der Waals surface area contributed by atoms with Gasteiger partial charge in [-0.15, -0.1) is 0 Å². The third-order valence-electron chi connectivity index (χ3n) is 7.61. The maximum absolute atomic E-state index is 13.8. The molecule has 0 radical (unpaired) electrons. The fraction of sp³-hybridized carbons (Fsp3) is 0.333. The van der Waals surface area contributed by atoms with Crippen molar-refractivity contribution in [2.45, 2.75) is 64.1 Å². The van der Waals surface area contributed by atoms with Crippen molar-refractivity contribution in [3.63, 3.8) is 0 Å². The van der Waals surface area contributed by atoms with Gasteiger partial charge in [-0.1, -0.05) is 35.9 Å². The number of fused-ring (bicyclic) bond motifs is 1. The molecule has 3 aromatic rings. The third-order valence-corrected chi connectivity index (χ3v) is 8.03. The number of nitrogens with one attached hydrogen (secondary N) is 2. The number of ketones is 1. The Bertz CT molecular complexity index is 1480. The van der Waals surface area contributed by atoms with Crippen molar-refractivity contribution in [2.75, 3.05) is 11.9 Å². The molecule has 4 rings (SSSR count). The molecule has 0 saturated carbocycles. The Balaban J connectivity index is 1.50. The molecule has 0 aliphatic carbocycles. The van der Waals surface area contributed by atoms with Gasteiger partial charge in [-0.2, -0.15) is 0 Å². The smallest absolute Gasteiger partial charge is 0.246 e. The average Bonchev–Trinajstić information content (AvgIpc) is 3.00. The van der Waals surface area contributed by atoms with Crippen molar-refractivity contribution in [3.05, 3.63) is 99.8 Å². The predicted octanol–water partition coefficient (Wildman–Crippen LogP) is 4.96. The molecule has 0 unspecified atom stereocenters. The van der Waals surface area contributed by atoms with Gasteiger partial charge in [-0.05, 0) is 91.9 Å². The molecule has 1 aliphatic heterocycles. The van der Waals surface area contributed by atoms with Crippen LogP contribution in [0.25, 0.3) is 0 Å². The Hall–Kier alpha value is -4.08. The molecule has 0 spiro atoms. The van der Waals surface area contributed by atoms with E-state index in [9.17, 15) is 23.6 Å². The molecule has 0 fully saturated rings. The Kier molecular flexibility index (Phi) is 11.0. The molecule has 3 amide bonds. The van der Waals surface area contributed by atoms with E-state index in [0.29, 0.717) is 42.1 Å². The second kappa shape index (κ2) is 14.9. The van der Waals surface area contributed by atoms with Gasteiger partial charge in [0.1, 0.15) is 17.9 Å². The van der Waals surface area contributed by atoms with E-state index in [1.165, 1.54) is 29.2 Å². The summed E-state index contributed by atoms with van der Waals surface area (Å²) in [5, 5.41) is 6.33. The number of carbonyl (C=O) groups excluding carboxylic acids is 4. The number of nitrogens with two attached hydrogens (primary N) is 1. The van der Waals surface area contributed by atoms with Crippen LogP contribution in [0.2, 0.25) is 5.02 Å². The third kappa shape index (κ3) is 8.49. The van der Waals surface area contributed by atoms with Crippen LogP contribution in [0.15, 0.2) is 66.7 Å². The quantitative estimate of drug-likeness (QED) is 0.199. The zero-order valence-corrected chi connectivity index (χ0v) is 24.8. The van der Waals surface area contributed by atoms with Gasteiger partial charge < -0.3 is 21.3 Å². The zero-order chi connectivity index (χ0) is 30.9. The molecular formula is C33H36ClFN4O4. The zero-order valence-electron chi connectivity index (χ0n) is 24.1. The number of amides is 3. The van der Waals surface area contributed by atoms with Gasteiger partial charge >= 0.3 is 0 Å². The van der Waals surface area contributed by atoms with Crippen LogP contribution >= 0.6 is 11.6 Å². The molecule has 43 heavy (non-hydrogen) atoms. The summed E-state index contributed by atoms with van der Waals surface area (Å²) in [5.41, 5.74) is 9.20. The average molecular weight is 607 g/mol. The largest absolute Gasteiger partial charge is 0.342 e. The van der Waals surface area contributed by atoms with Gasteiger partial charge in [-0.3, -0.25) is 19.2 Å². The molecule has 8 nitrogen and oxygen atoms in total. The van der Waals surface area contributed by atoms with Gasteiger partial charge in [0.05, 0.1) is 0 Å². The first-order chi connectivity index (χ1) is 20.7. The van der Waals surface area contributed by atoms with Crippen LogP contribution in [-0.4, -0.2) is 47.0 Å². The minimum Gasteiger partial charge on any atom is -0.342 e. The number of hydrogen-bond donors (Lipinski definition) is 3. The van der Waals surface area contributed by atoms with Crippen molar-refractivity contribution >= 4 is 40.8 Å². The van der Waals surface area contributed by atoms with Gasteiger partial charge in [0.2, 0.25) is 17.7 Å². The van der Waals surface area contributed by atoms with E-state index in [1.54, 1.807) is 18.2 Å². The second-order valence-corrected chi connectivity index (χ2v) is 11.1. The number of nitrogens with zero attached hydrogens (tertiary/aromatic N) is 1. The first-order valence-corrected chi connectivity index (χ1v) is 14.8. The maximum Gasteiger partial charge on any atom is 0.246 e. The lowest BCUT2D eigenvalue weighted by Crippen LogP contribution is -2.56. The number of Topliss-reactive ketones (excluding diaryl/α,β-unsaturated/α-hetero) is 1. The summed E-state index contributed by atoms with van der Waals surface area (Å²) in [6.45, 7) is 2.49. The van der Waals surface area contributed by atoms with Crippen LogP contribution < -0.4 is 16.4 Å². The Labute approximate surface area is 255 Å². The maximum atomic E-state index is 13.8. The molecule has 0 bridgehead atoms. The molecule has 226 valence electrons. The molecule has 10 heteroatoms. The summed E-state index contributed by atoms with van der Waals surface area (Å²) in [4.78, 5) is 54.7. The topological polar surface area (TPSA) is 122 Å². The minimum absolute atomic E-state index is 0.0818. The number of rotatable bonds is 12. The first-order valence-electron chi connectivity index (χ1n) is 14.4. The summed E-state index contributed by atoms with van der Waals surface area (Å²) in [6.07, 6.45) is 1.75. The van der Waals surface area contributed by atoms with Crippen LogP contribution in [0.1, 0.15) is 59.2 Å². The summed E-state index contributed by atoms with van der Waals surface area (Å²) in [6, 6.07) is 16.2. The lowest BCUT2D eigenvalue weighted by molar-refractivity contribution is -0.142. The number of benzene rings is 3. The van der Waals surface area contributed by atoms with E-state index in [4.69, 9.17) is 17.3 Å². The standard InChI is InChI=1S/C33H36ClFN4O4/c1-21-18-26(13-14-27(21)34)37-32(42)28(8-4-5-17-36)38-33(43)29-19-23-6-2-3-7-24(23)20-39(29)31(41)16-15-30(40)22-9-11-25(35)12-10-22/h2-3,6-7,9-14,18,28-29H,4-5,8,15-17,19-20,36H2,1H3,(H,37,42)(H,38,43)/t28-,29-/m0/s1. The molecule has 0 saturated heterocycles. The number of aryl methyl sites for hydroxylation is 1. The second-order valence-electron chi connectivity index (χ2n) is 10.7. The van der Waals surface area contributed by atoms with Crippen LogP contribution in [0.5, 0.6) is 0 Å². The number of halogens is 2. The molecule has 1 aliphatic rings. The number of anilines is 1. The van der Waals surface area contributed by atoms with Gasteiger partial charge in [0.25, 0.3) is 0 Å². The number of unbranched alkanes of at least 4 members (excludes halogenated alkanes) is 1. The Morgan fingerprint density at radius 1 is 1.00 bits per heavy atom. The van der Waals surface area contributed by atoms with E-state index >= 15 is 0 Å². The van der Waals surface area contributed by atoms with E-state index in [1.807, 2.05) is 31.2 Å². The van der Waals surface area contributed by atoms with Crippen LogP contribution in [-0.2, 0) is 27.3 Å². The molecule has 4 N–H and O–H groups in total. The molecule has 2 atom stereocenters. The highest BCUT2D eigenvalue weighted by Crippen LogP contribution is 2.25. The lowest BCUT2D eigenvalue weighted by Gasteiger charge is -2.37. The summed E-state index contributed by atoms with van der Waals surface area (Å²) >= 11 is 6.12. The SMILES string of the molecule is Cc1cc(NC(=O)[C@H](CCCCN)NC(=O)[C@@H]2Cc3ccccc3CN2C(=O)CCC(=O)c2ccc(F)cc2)ccc1Cl. The minimum atomic E-state index is -0.870. The normalized spacial score (nSPS) is 14.9. The highest BCUT2D eigenvalue weighted by molar-refractivity contribution is 6.31. The van der Waals surface area contributed by atoms with Crippen molar-refractivity contribution in [2.24, 2.45) is 5.73 Å². The van der Waals surface area contributed by atoms with Crippen molar-refractivity contribution in [1.29, 1.82) is 0 Å². The summed E-state index contributed by atoms with van der Waals surface area (Å²) in [7, 11) is 0. The van der Waals surface area contributed by atoms with Gasteiger partial charge in [-0.25, -0.2) is 4.39 Å². The fourth-order valence-electron chi connectivity index (χ4n) is 5.14. The Morgan fingerprint density at radius 3 is 2.42 bits per heavy atom. The van der Waals surface area contributed by atoms with E-state index in [2.05, 4.69) is 10.6 Å². The lowest BCUT2D eigenvalue weighted by atomic mass is 9.92. The predicted molar refractivity (Wildman–Crippen MR) is 164 cm³/mol. The van der Waals surface area contributed by atoms with E-state index in [0.717, 1.165) is 16.7 Å². The molecule has 1 heterocycles. The number of carbonyl (C=O) groups is 4. The van der Waals surface area contributed by atoms with Gasteiger partial charge in [0, 0.05) is 42.1 Å². The molecule has 3 aromatic carbocycles. The van der Waals surface area contributed by atoms with Crippen molar-refractivity contribution < 1.29 is 23.6 Å². The van der Waals surface area contributed by atoms with E-state index in [-0.39, 0.29) is 43.4 Å². The van der Waals surface area contributed by atoms with Gasteiger partial charge in [0.15, 0.2) is 5.78 Å². The number of hydrogen-bond acceptors (Lipinski definition) is 5. The summed E-state index contributed by atoms with van der Waals surface area (Å²) in [5.74, 6) is -1.93. The molecule has 0 aromatic heterocycles. The van der Waals surface area contributed by atoms with Crippen LogP contribution in [0.4, 0.5) is 10.1 Å². The van der Waals surface area contributed by atoms with E-state index < -0.39 is 23.8 Å². The molecular weight excluding hydrogens is 571 g/mol. The van der Waals surface area contributed by atoms with Crippen molar-refractivity contribution in [3.8, 4) is 0 Å². The van der Waals surface area contributed by atoms with Crippen molar-refractivity contribution in [1.82, 2.24) is 10.2 Å². The van der Waals surface area contributed by atoms with Crippen LogP contribution in [0, 0.1) is 12.7 Å². The highest BCUT2D eigenvalue weighted by atomic mass is 35.5. The first kappa shape index (κ1) is 31.8. The van der Waals surface area contributed by atoms with Crippen LogP contribution in [0.3, 0.4) is 0 Å². The fourth-order valence-corrected chi connectivity index (χ4v) is 5.26. The highest BCUT2D eigenvalue weighted by Gasteiger charge is 2.36. The monoisotopic (exact) mass is 606 g/mol.